The lowest BCUT2D eigenvalue weighted by Gasteiger charge is -2.11. The van der Waals surface area contributed by atoms with E-state index in [9.17, 15) is 9.59 Å². The van der Waals surface area contributed by atoms with Gasteiger partial charge in [0.05, 0.1) is 0 Å². The lowest BCUT2D eigenvalue weighted by molar-refractivity contribution is 0.0863. The predicted molar refractivity (Wildman–Crippen MR) is 107 cm³/mol. The number of pyridine rings is 1. The molecule has 27 heavy (non-hydrogen) atoms. The molecule has 7 heteroatoms. The van der Waals surface area contributed by atoms with Gasteiger partial charge in [0.1, 0.15) is 12.2 Å². The predicted octanol–water partition coefficient (Wildman–Crippen LogP) is 4.34. The van der Waals surface area contributed by atoms with Gasteiger partial charge in [0.15, 0.2) is 0 Å². The largest absolute Gasteiger partial charge is 0.406 e. The van der Waals surface area contributed by atoms with E-state index in [0.29, 0.717) is 15.7 Å². The van der Waals surface area contributed by atoms with Crippen LogP contribution in [-0.2, 0) is 6.61 Å². The molecular formula is C20H16Cl2N2O3. The van der Waals surface area contributed by atoms with Crippen LogP contribution in [0.1, 0.15) is 21.5 Å². The highest BCUT2D eigenvalue weighted by Crippen LogP contribution is 2.22. The Balaban J connectivity index is 1.77. The van der Waals surface area contributed by atoms with Crippen LogP contribution in [0.15, 0.2) is 65.6 Å². The molecule has 3 aromatic rings. The van der Waals surface area contributed by atoms with Crippen molar-refractivity contribution in [3.05, 3.63) is 97.9 Å². The van der Waals surface area contributed by atoms with Gasteiger partial charge in [-0.2, -0.15) is 4.73 Å². The number of halogens is 2. The number of aryl methyl sites for hydroxylation is 1. The molecule has 0 aliphatic heterocycles. The summed E-state index contributed by atoms with van der Waals surface area (Å²) in [6.45, 7) is 2.18. The molecule has 3 rings (SSSR count). The Bertz CT molecular complexity index is 1030. The third-order valence-electron chi connectivity index (χ3n) is 3.73. The van der Waals surface area contributed by atoms with Crippen LogP contribution in [0.4, 0.5) is 5.69 Å². The lowest BCUT2D eigenvalue weighted by atomic mass is 10.1. The molecule has 0 aliphatic rings. The first kappa shape index (κ1) is 19.0. The summed E-state index contributed by atoms with van der Waals surface area (Å²) >= 11 is 11.9. The molecule has 0 unspecified atom stereocenters. The van der Waals surface area contributed by atoms with Crippen molar-refractivity contribution in [1.82, 2.24) is 4.73 Å². The van der Waals surface area contributed by atoms with Crippen LogP contribution in [-0.4, -0.2) is 10.6 Å². The molecule has 0 radical (unpaired) electrons. The third kappa shape index (κ3) is 4.90. The van der Waals surface area contributed by atoms with E-state index in [-0.39, 0.29) is 12.2 Å². The highest BCUT2D eigenvalue weighted by Gasteiger charge is 2.14. The molecular weight excluding hydrogens is 387 g/mol. The number of hydrogen-bond donors (Lipinski definition) is 1. The number of aromatic nitrogens is 1. The second kappa shape index (κ2) is 8.29. The van der Waals surface area contributed by atoms with E-state index in [1.807, 2.05) is 31.2 Å². The van der Waals surface area contributed by atoms with Crippen LogP contribution >= 0.6 is 23.2 Å². The average Bonchev–Trinajstić information content (AvgIpc) is 2.60. The van der Waals surface area contributed by atoms with Gasteiger partial charge in [-0.15, -0.1) is 0 Å². The van der Waals surface area contributed by atoms with E-state index in [4.69, 9.17) is 28.0 Å². The summed E-state index contributed by atoms with van der Waals surface area (Å²) in [6.07, 6.45) is 1.46. The molecule has 0 saturated carbocycles. The number of benzene rings is 2. The first-order chi connectivity index (χ1) is 12.9. The van der Waals surface area contributed by atoms with Crippen molar-refractivity contribution in [3.63, 3.8) is 0 Å². The van der Waals surface area contributed by atoms with E-state index in [1.165, 1.54) is 12.3 Å². The van der Waals surface area contributed by atoms with E-state index >= 15 is 0 Å². The maximum atomic E-state index is 12.5. The SMILES string of the molecule is Cc1cccc(COn2cccc(C(=O)Nc3cc(Cl)cc(Cl)c3)c2=O)c1. The normalized spacial score (nSPS) is 10.5. The van der Waals surface area contributed by atoms with Crippen molar-refractivity contribution in [2.45, 2.75) is 13.5 Å². The van der Waals surface area contributed by atoms with Gasteiger partial charge in [0, 0.05) is 21.9 Å². The summed E-state index contributed by atoms with van der Waals surface area (Å²) in [5.41, 5.74) is 1.80. The number of rotatable bonds is 5. The van der Waals surface area contributed by atoms with Crippen LogP contribution in [0, 0.1) is 6.92 Å². The second-order valence-electron chi connectivity index (χ2n) is 5.93. The Morgan fingerprint density at radius 2 is 1.81 bits per heavy atom. The highest BCUT2D eigenvalue weighted by atomic mass is 35.5. The van der Waals surface area contributed by atoms with Crippen molar-refractivity contribution < 1.29 is 9.63 Å². The van der Waals surface area contributed by atoms with E-state index in [2.05, 4.69) is 5.32 Å². The van der Waals surface area contributed by atoms with Crippen molar-refractivity contribution in [2.24, 2.45) is 0 Å². The number of carbonyl (C=O) groups excluding carboxylic acids is 1. The molecule has 1 N–H and O–H groups in total. The van der Waals surface area contributed by atoms with Gasteiger partial charge in [-0.3, -0.25) is 9.59 Å². The first-order valence-corrected chi connectivity index (χ1v) is 8.86. The Hall–Kier alpha value is -2.76. The second-order valence-corrected chi connectivity index (χ2v) is 6.80. The van der Waals surface area contributed by atoms with Crippen molar-refractivity contribution in [1.29, 1.82) is 0 Å². The number of anilines is 1. The topological polar surface area (TPSA) is 60.3 Å². The lowest BCUT2D eigenvalue weighted by Crippen LogP contribution is -2.32. The molecule has 0 aliphatic carbocycles. The number of nitrogens with one attached hydrogen (secondary N) is 1. The smallest absolute Gasteiger partial charge is 0.295 e. The summed E-state index contributed by atoms with van der Waals surface area (Å²) in [4.78, 5) is 30.5. The van der Waals surface area contributed by atoms with Gasteiger partial charge in [0.25, 0.3) is 11.5 Å². The quantitative estimate of drug-likeness (QED) is 0.689. The van der Waals surface area contributed by atoms with Gasteiger partial charge in [-0.05, 0) is 42.8 Å². The molecule has 5 nitrogen and oxygen atoms in total. The van der Waals surface area contributed by atoms with Crippen LogP contribution < -0.4 is 15.7 Å². The molecule has 1 amide bonds. The Labute approximate surface area is 166 Å². The molecule has 138 valence electrons. The van der Waals surface area contributed by atoms with Crippen LogP contribution in [0.2, 0.25) is 10.0 Å². The molecule has 1 heterocycles. The zero-order valence-electron chi connectivity index (χ0n) is 14.4. The molecule has 0 spiro atoms. The Kier molecular flexibility index (Phi) is 5.84. The van der Waals surface area contributed by atoms with Crippen LogP contribution in [0.5, 0.6) is 0 Å². The summed E-state index contributed by atoms with van der Waals surface area (Å²) in [5.74, 6) is -0.577. The fourth-order valence-electron chi connectivity index (χ4n) is 2.52. The first-order valence-electron chi connectivity index (χ1n) is 8.10. The fourth-order valence-corrected chi connectivity index (χ4v) is 3.05. The van der Waals surface area contributed by atoms with Crippen molar-refractivity contribution >= 4 is 34.8 Å². The van der Waals surface area contributed by atoms with E-state index < -0.39 is 11.5 Å². The maximum Gasteiger partial charge on any atom is 0.295 e. The van der Waals surface area contributed by atoms with Crippen molar-refractivity contribution in [2.75, 3.05) is 5.32 Å². The molecule has 1 aromatic heterocycles. The minimum atomic E-state index is -0.577. The van der Waals surface area contributed by atoms with E-state index in [0.717, 1.165) is 15.9 Å². The summed E-state index contributed by atoms with van der Waals surface area (Å²) in [5, 5.41) is 3.37. The number of carbonyl (C=O) groups is 1. The molecule has 2 aromatic carbocycles. The van der Waals surface area contributed by atoms with Crippen molar-refractivity contribution in [3.8, 4) is 0 Å². The summed E-state index contributed by atoms with van der Waals surface area (Å²) < 4.78 is 1.04. The zero-order valence-corrected chi connectivity index (χ0v) is 15.9. The van der Waals surface area contributed by atoms with Gasteiger partial charge in [0.2, 0.25) is 0 Å². The van der Waals surface area contributed by atoms with Gasteiger partial charge < -0.3 is 10.2 Å². The van der Waals surface area contributed by atoms with Gasteiger partial charge in [-0.25, -0.2) is 0 Å². The zero-order chi connectivity index (χ0) is 19.4. The standard InChI is InChI=1S/C20H16Cl2N2O3/c1-13-4-2-5-14(8-13)12-27-24-7-3-6-18(20(24)26)19(25)23-17-10-15(21)9-16(22)11-17/h2-11H,12H2,1H3,(H,23,25). The molecule has 0 saturated heterocycles. The fraction of sp³-hybridized carbons (Fsp3) is 0.100. The number of nitrogens with zero attached hydrogens (tertiary/aromatic N) is 1. The van der Waals surface area contributed by atoms with E-state index in [1.54, 1.807) is 24.3 Å². The molecule has 0 atom stereocenters. The third-order valence-corrected chi connectivity index (χ3v) is 4.17. The van der Waals surface area contributed by atoms with Crippen LogP contribution in [0.25, 0.3) is 0 Å². The maximum absolute atomic E-state index is 12.5. The summed E-state index contributed by atoms with van der Waals surface area (Å²) in [6, 6.07) is 15.4. The average molecular weight is 403 g/mol. The monoisotopic (exact) mass is 402 g/mol. The van der Waals surface area contributed by atoms with Gasteiger partial charge >= 0.3 is 0 Å². The summed E-state index contributed by atoms with van der Waals surface area (Å²) in [7, 11) is 0. The molecule has 0 fully saturated rings. The minimum absolute atomic E-state index is 0.0576. The Morgan fingerprint density at radius 3 is 2.52 bits per heavy atom. The van der Waals surface area contributed by atoms with Gasteiger partial charge in [-0.1, -0.05) is 53.0 Å². The highest BCUT2D eigenvalue weighted by molar-refractivity contribution is 6.35. The Morgan fingerprint density at radius 1 is 1.07 bits per heavy atom. The molecule has 0 bridgehead atoms. The number of amides is 1. The van der Waals surface area contributed by atoms with Crippen LogP contribution in [0.3, 0.4) is 0 Å². The minimum Gasteiger partial charge on any atom is -0.406 e. The number of hydrogen-bond acceptors (Lipinski definition) is 3.